The number of hydrogen-bond acceptors (Lipinski definition) is 4. The first kappa shape index (κ1) is 18.8. The average molecular weight is 341 g/mol. The first-order chi connectivity index (χ1) is 7.91. The predicted molar refractivity (Wildman–Crippen MR) is 78.0 cm³/mol. The Labute approximate surface area is 124 Å². The molecule has 110 valence electrons. The molecule has 0 spiro atoms. The summed E-state index contributed by atoms with van der Waals surface area (Å²) in [5.74, 6) is 0. The molecular weight excluding hydrogens is 311 g/mol. The second-order valence-corrected chi connectivity index (χ2v) is 9.37. The molecule has 0 aliphatic heterocycles. The van der Waals surface area contributed by atoms with Crippen LogP contribution in [0.2, 0.25) is 0 Å². The highest BCUT2D eigenvalue weighted by molar-refractivity contribution is 7.66. The zero-order valence-corrected chi connectivity index (χ0v) is 15.3. The lowest BCUT2D eigenvalue weighted by molar-refractivity contribution is -0.00000412. The third-order valence-electron chi connectivity index (χ3n) is 3.63. The van der Waals surface area contributed by atoms with Crippen LogP contribution in [-0.4, -0.2) is 62.3 Å². The quantitative estimate of drug-likeness (QED) is 0.666. The van der Waals surface area contributed by atoms with E-state index in [2.05, 4.69) is 61.4 Å². The van der Waals surface area contributed by atoms with Crippen molar-refractivity contribution in [3.05, 3.63) is 0 Å². The maximum Gasteiger partial charge on any atom is 0.304 e. The minimum Gasteiger partial charge on any atom is -1.00 e. The van der Waals surface area contributed by atoms with Gasteiger partial charge in [-0.05, 0) is 12.8 Å². The molecule has 0 unspecified atom stereocenters. The predicted octanol–water partition coefficient (Wildman–Crippen LogP) is -0.725. The van der Waals surface area contributed by atoms with E-state index < -0.39 is 7.87 Å². The van der Waals surface area contributed by atoms with Crippen molar-refractivity contribution in [1.82, 2.24) is 19.1 Å². The minimum atomic E-state index is -1.53. The molecule has 0 aromatic rings. The van der Waals surface area contributed by atoms with Gasteiger partial charge in [-0.1, -0.05) is 19.3 Å². The molecule has 1 rings (SSSR count). The minimum absolute atomic E-state index is 0. The van der Waals surface area contributed by atoms with Gasteiger partial charge >= 0.3 is 7.87 Å². The number of rotatable bonds is 5. The lowest BCUT2D eigenvalue weighted by Gasteiger charge is -2.42. The molecule has 0 atom stereocenters. The Morgan fingerprint density at radius 1 is 0.778 bits per heavy atom. The van der Waals surface area contributed by atoms with E-state index in [9.17, 15) is 0 Å². The summed E-state index contributed by atoms with van der Waals surface area (Å²) < 4.78 is 7.09. The standard InChI is InChI=1S/C12H30N4P.BrH/c1-14(2)17(15(3)4,16(5)6)13-12-10-8-7-9-11-12;/h12-13H,7-11H2,1-6H3;1H/q+1;/p-1. The Morgan fingerprint density at radius 2 is 1.17 bits per heavy atom. The fourth-order valence-corrected chi connectivity index (χ4v) is 6.48. The van der Waals surface area contributed by atoms with E-state index in [4.69, 9.17) is 0 Å². The molecule has 4 nitrogen and oxygen atoms in total. The highest BCUT2D eigenvalue weighted by atomic mass is 79.9. The van der Waals surface area contributed by atoms with E-state index in [1.165, 1.54) is 32.1 Å². The topological polar surface area (TPSA) is 21.8 Å². The van der Waals surface area contributed by atoms with Crippen molar-refractivity contribution in [3.63, 3.8) is 0 Å². The van der Waals surface area contributed by atoms with Gasteiger partial charge in [0, 0.05) is 48.3 Å². The van der Waals surface area contributed by atoms with Gasteiger partial charge in [-0.3, -0.25) is 0 Å². The molecule has 0 aromatic heterocycles. The van der Waals surface area contributed by atoms with Crippen LogP contribution >= 0.6 is 7.87 Å². The molecule has 18 heavy (non-hydrogen) atoms. The average Bonchev–Trinajstić information content (AvgIpc) is 2.25. The Kier molecular flexibility index (Phi) is 8.47. The van der Waals surface area contributed by atoms with Gasteiger partial charge in [-0.15, -0.1) is 19.1 Å². The molecule has 6 heteroatoms. The first-order valence-corrected chi connectivity index (χ1v) is 8.26. The van der Waals surface area contributed by atoms with Crippen LogP contribution in [-0.2, 0) is 0 Å². The maximum atomic E-state index is 3.96. The highest BCUT2D eigenvalue weighted by Crippen LogP contribution is 2.60. The van der Waals surface area contributed by atoms with E-state index >= 15 is 0 Å². The summed E-state index contributed by atoms with van der Waals surface area (Å²) in [7, 11) is 11.6. The van der Waals surface area contributed by atoms with Crippen LogP contribution in [0.3, 0.4) is 0 Å². The van der Waals surface area contributed by atoms with Crippen molar-refractivity contribution in [1.29, 1.82) is 0 Å². The smallest absolute Gasteiger partial charge is 0.304 e. The molecule has 0 radical (unpaired) electrons. The van der Waals surface area contributed by atoms with Gasteiger partial charge in [0.15, 0.2) is 0 Å². The van der Waals surface area contributed by atoms with Gasteiger partial charge in [0.25, 0.3) is 0 Å². The Bertz CT molecular complexity index is 208. The van der Waals surface area contributed by atoms with E-state index in [1.54, 1.807) is 0 Å². The van der Waals surface area contributed by atoms with Crippen molar-refractivity contribution in [3.8, 4) is 0 Å². The Hall–Kier alpha value is 0.750. The van der Waals surface area contributed by atoms with Crippen LogP contribution in [0.1, 0.15) is 32.1 Å². The number of nitrogens with one attached hydrogen (secondary N) is 1. The monoisotopic (exact) mass is 340 g/mol. The SMILES string of the molecule is CN(C)[P+](NC1CCCCC1)(N(C)C)N(C)C.[Br-]. The maximum absolute atomic E-state index is 3.96. The summed E-state index contributed by atoms with van der Waals surface area (Å²) >= 11 is 0. The molecule has 0 aromatic carbocycles. The number of nitrogens with zero attached hydrogens (tertiary/aromatic N) is 3. The molecule has 1 N–H and O–H groups in total. The summed E-state index contributed by atoms with van der Waals surface area (Å²) in [6.45, 7) is 0. The van der Waals surface area contributed by atoms with Gasteiger partial charge in [0.2, 0.25) is 0 Å². The Balaban J connectivity index is 0.00000289. The molecule has 1 aliphatic carbocycles. The number of halogens is 1. The summed E-state index contributed by atoms with van der Waals surface area (Å²) in [5.41, 5.74) is 0. The molecular formula is C12H30BrN4P. The Morgan fingerprint density at radius 3 is 1.50 bits per heavy atom. The molecule has 0 bridgehead atoms. The van der Waals surface area contributed by atoms with Crippen molar-refractivity contribution in [2.75, 3.05) is 42.3 Å². The zero-order chi connectivity index (χ0) is 13.1. The molecule has 1 saturated carbocycles. The fourth-order valence-electron chi connectivity index (χ4n) is 2.90. The highest BCUT2D eigenvalue weighted by Gasteiger charge is 2.49. The van der Waals surface area contributed by atoms with Crippen LogP contribution < -0.4 is 22.1 Å². The van der Waals surface area contributed by atoms with Crippen LogP contribution in [0.15, 0.2) is 0 Å². The van der Waals surface area contributed by atoms with Crippen molar-refractivity contribution in [2.24, 2.45) is 0 Å². The summed E-state index contributed by atoms with van der Waals surface area (Å²) in [6.07, 6.45) is 6.84. The van der Waals surface area contributed by atoms with Crippen LogP contribution in [0, 0.1) is 0 Å². The van der Waals surface area contributed by atoms with Crippen LogP contribution in [0.25, 0.3) is 0 Å². The van der Waals surface area contributed by atoms with Gasteiger partial charge in [0.1, 0.15) is 0 Å². The molecule has 0 saturated heterocycles. The molecule has 1 fully saturated rings. The molecule has 0 amide bonds. The van der Waals surface area contributed by atoms with Gasteiger partial charge in [-0.2, -0.15) is 0 Å². The van der Waals surface area contributed by atoms with Gasteiger partial charge in [0.05, 0.1) is 0 Å². The van der Waals surface area contributed by atoms with Crippen molar-refractivity contribution >= 4 is 7.87 Å². The summed E-state index contributed by atoms with van der Waals surface area (Å²) in [4.78, 5) is 0. The lowest BCUT2D eigenvalue weighted by Crippen LogP contribution is -3.00. The van der Waals surface area contributed by atoms with Gasteiger partial charge in [-0.25, -0.2) is 0 Å². The second-order valence-electron chi connectivity index (χ2n) is 5.57. The summed E-state index contributed by atoms with van der Waals surface area (Å²) in [6, 6.07) is 0.685. The van der Waals surface area contributed by atoms with E-state index in [0.717, 1.165) is 0 Å². The lowest BCUT2D eigenvalue weighted by atomic mass is 9.96. The normalized spacial score (nSPS) is 18.5. The van der Waals surface area contributed by atoms with Crippen molar-refractivity contribution in [2.45, 2.75) is 38.1 Å². The zero-order valence-electron chi connectivity index (χ0n) is 12.8. The van der Waals surface area contributed by atoms with Crippen molar-refractivity contribution < 1.29 is 17.0 Å². The molecule has 1 aliphatic rings. The van der Waals surface area contributed by atoms with E-state index in [0.29, 0.717) is 6.04 Å². The van der Waals surface area contributed by atoms with Crippen LogP contribution in [0.5, 0.6) is 0 Å². The van der Waals surface area contributed by atoms with E-state index in [1.807, 2.05) is 0 Å². The third kappa shape index (κ3) is 4.12. The van der Waals surface area contributed by atoms with Crippen LogP contribution in [0.4, 0.5) is 0 Å². The molecule has 0 heterocycles. The van der Waals surface area contributed by atoms with E-state index in [-0.39, 0.29) is 17.0 Å². The largest absolute Gasteiger partial charge is 1.00 e. The summed E-state index contributed by atoms with van der Waals surface area (Å²) in [5, 5.41) is 3.96. The first-order valence-electron chi connectivity index (χ1n) is 6.61. The van der Waals surface area contributed by atoms with Gasteiger partial charge < -0.3 is 17.0 Å². The third-order valence-corrected chi connectivity index (χ3v) is 7.69. The number of hydrogen-bond donors (Lipinski definition) is 1. The fraction of sp³-hybridized carbons (Fsp3) is 1.00. The second kappa shape index (κ2) is 8.13.